The zero-order valence-corrected chi connectivity index (χ0v) is 13.0. The highest BCUT2D eigenvalue weighted by Crippen LogP contribution is 2.24. The number of thioether (sulfide) groups is 1. The van der Waals surface area contributed by atoms with Crippen LogP contribution in [0.3, 0.4) is 0 Å². The van der Waals surface area contributed by atoms with E-state index in [-0.39, 0.29) is 17.7 Å². The van der Waals surface area contributed by atoms with Crippen molar-refractivity contribution in [2.45, 2.75) is 17.7 Å². The van der Waals surface area contributed by atoms with Gasteiger partial charge in [0.05, 0.1) is 24.7 Å². The minimum absolute atomic E-state index is 0.0170. The van der Waals surface area contributed by atoms with Crippen molar-refractivity contribution in [1.82, 2.24) is 0 Å². The number of rotatable bonds is 5. The molecule has 1 heterocycles. The van der Waals surface area contributed by atoms with Crippen LogP contribution in [-0.4, -0.2) is 37.7 Å². The van der Waals surface area contributed by atoms with Gasteiger partial charge in [0.15, 0.2) is 6.54 Å². The van der Waals surface area contributed by atoms with Gasteiger partial charge in [-0.3, -0.25) is 9.59 Å². The van der Waals surface area contributed by atoms with Gasteiger partial charge in [0.1, 0.15) is 0 Å². The monoisotopic (exact) mass is 308 g/mol. The van der Waals surface area contributed by atoms with E-state index >= 15 is 0 Å². The van der Waals surface area contributed by atoms with Crippen molar-refractivity contribution in [1.29, 1.82) is 0 Å². The number of nitrogens with two attached hydrogens (primary N) is 1. The first-order valence-corrected chi connectivity index (χ1v) is 8.38. The Morgan fingerprint density at radius 1 is 1.43 bits per heavy atom. The molecule has 1 aromatic carbocycles. The molecule has 1 aliphatic heterocycles. The number of carbonyl (C=O) groups is 2. The van der Waals surface area contributed by atoms with Crippen molar-refractivity contribution in [2.75, 3.05) is 31.2 Å². The number of hydrogen-bond donors (Lipinski definition) is 3. The second-order valence-corrected chi connectivity index (χ2v) is 6.22. The molecule has 5 nitrogen and oxygen atoms in total. The summed E-state index contributed by atoms with van der Waals surface area (Å²) in [5.41, 5.74) is 6.21. The van der Waals surface area contributed by atoms with E-state index in [1.54, 1.807) is 11.8 Å². The van der Waals surface area contributed by atoms with Crippen molar-refractivity contribution in [2.24, 2.45) is 11.7 Å². The van der Waals surface area contributed by atoms with Gasteiger partial charge in [-0.1, -0.05) is 12.1 Å². The first-order valence-electron chi connectivity index (χ1n) is 7.16. The zero-order valence-electron chi connectivity index (χ0n) is 12.2. The van der Waals surface area contributed by atoms with Crippen molar-refractivity contribution >= 4 is 29.3 Å². The summed E-state index contributed by atoms with van der Waals surface area (Å²) in [4.78, 5) is 25.6. The van der Waals surface area contributed by atoms with Crippen molar-refractivity contribution in [3.05, 3.63) is 24.3 Å². The molecular weight excluding hydrogens is 286 g/mol. The third kappa shape index (κ3) is 4.47. The van der Waals surface area contributed by atoms with Gasteiger partial charge in [0, 0.05) is 4.90 Å². The third-order valence-corrected chi connectivity index (χ3v) is 4.61. The Hall–Kier alpha value is -1.53. The molecule has 1 aromatic rings. The Bertz CT molecular complexity index is 521. The van der Waals surface area contributed by atoms with Gasteiger partial charge in [0.25, 0.3) is 5.91 Å². The fraction of sp³-hybridized carbons (Fsp3) is 0.467. The number of anilines is 1. The smallest absolute Gasteiger partial charge is 0.279 e. The number of benzene rings is 1. The Labute approximate surface area is 129 Å². The van der Waals surface area contributed by atoms with Crippen LogP contribution >= 0.6 is 11.8 Å². The highest BCUT2D eigenvalue weighted by molar-refractivity contribution is 7.98. The second kappa shape index (κ2) is 7.47. The maximum absolute atomic E-state index is 12.2. The number of para-hydroxylation sites is 1. The molecular formula is C15H22N3O2S+. The minimum atomic E-state index is -0.250. The molecule has 1 aliphatic rings. The molecule has 1 unspecified atom stereocenters. The quantitative estimate of drug-likeness (QED) is 0.677. The van der Waals surface area contributed by atoms with Gasteiger partial charge >= 0.3 is 0 Å². The van der Waals surface area contributed by atoms with Crippen LogP contribution in [0.5, 0.6) is 0 Å². The number of quaternary nitrogens is 1. The van der Waals surface area contributed by atoms with E-state index in [2.05, 4.69) is 5.32 Å². The summed E-state index contributed by atoms with van der Waals surface area (Å²) in [6.07, 6.45) is 3.77. The number of nitrogens with one attached hydrogen (secondary N) is 2. The summed E-state index contributed by atoms with van der Waals surface area (Å²) < 4.78 is 0. The van der Waals surface area contributed by atoms with Gasteiger partial charge in [0.2, 0.25) is 5.91 Å². The first-order chi connectivity index (χ1) is 10.1. The predicted molar refractivity (Wildman–Crippen MR) is 84.3 cm³/mol. The molecule has 0 bridgehead atoms. The summed E-state index contributed by atoms with van der Waals surface area (Å²) in [6, 6.07) is 7.75. The van der Waals surface area contributed by atoms with Crippen molar-refractivity contribution in [3.8, 4) is 0 Å². The van der Waals surface area contributed by atoms with Crippen molar-refractivity contribution in [3.63, 3.8) is 0 Å². The molecule has 2 rings (SSSR count). The topological polar surface area (TPSA) is 76.6 Å². The van der Waals surface area contributed by atoms with E-state index in [9.17, 15) is 9.59 Å². The Kier molecular flexibility index (Phi) is 5.64. The summed E-state index contributed by atoms with van der Waals surface area (Å²) in [7, 11) is 0. The molecule has 0 spiro atoms. The molecule has 21 heavy (non-hydrogen) atoms. The molecule has 0 aliphatic carbocycles. The lowest BCUT2D eigenvalue weighted by molar-refractivity contribution is -0.899. The number of carbonyl (C=O) groups excluding carboxylic acids is 2. The first kappa shape index (κ1) is 15.9. The predicted octanol–water partition coefficient (Wildman–Crippen LogP) is 0.127. The van der Waals surface area contributed by atoms with Crippen LogP contribution in [-0.2, 0) is 9.59 Å². The van der Waals surface area contributed by atoms with E-state index in [4.69, 9.17) is 5.73 Å². The van der Waals surface area contributed by atoms with E-state index in [1.165, 1.54) is 0 Å². The minimum Gasteiger partial charge on any atom is -0.369 e. The maximum atomic E-state index is 12.2. The van der Waals surface area contributed by atoms with Gasteiger partial charge < -0.3 is 16.0 Å². The lowest BCUT2D eigenvalue weighted by atomic mass is 9.97. The molecule has 1 saturated heterocycles. The van der Waals surface area contributed by atoms with Crippen LogP contribution in [0.4, 0.5) is 5.69 Å². The molecule has 4 N–H and O–H groups in total. The van der Waals surface area contributed by atoms with Gasteiger partial charge in [-0.2, -0.15) is 0 Å². The zero-order chi connectivity index (χ0) is 15.2. The van der Waals surface area contributed by atoms with Gasteiger partial charge in [-0.25, -0.2) is 0 Å². The average Bonchev–Trinajstić information content (AvgIpc) is 2.48. The lowest BCUT2D eigenvalue weighted by Crippen LogP contribution is -3.14. The number of hydrogen-bond acceptors (Lipinski definition) is 3. The van der Waals surface area contributed by atoms with Crippen LogP contribution in [0.25, 0.3) is 0 Å². The van der Waals surface area contributed by atoms with Crippen LogP contribution < -0.4 is 16.0 Å². The van der Waals surface area contributed by atoms with E-state index in [0.29, 0.717) is 13.1 Å². The Morgan fingerprint density at radius 2 is 2.19 bits per heavy atom. The number of amides is 2. The van der Waals surface area contributed by atoms with E-state index < -0.39 is 0 Å². The highest BCUT2D eigenvalue weighted by Gasteiger charge is 2.28. The van der Waals surface area contributed by atoms with E-state index in [1.807, 2.05) is 30.5 Å². The highest BCUT2D eigenvalue weighted by atomic mass is 32.2. The SMILES string of the molecule is CSc1ccccc1NC(=O)C[NH+]1CCC[C@H](C(N)=O)C1. The summed E-state index contributed by atoms with van der Waals surface area (Å²) in [6.45, 7) is 1.96. The molecule has 1 fully saturated rings. The molecule has 0 saturated carbocycles. The Balaban J connectivity index is 1.91. The number of likely N-dealkylation sites (tertiary alicyclic amines) is 1. The fourth-order valence-electron chi connectivity index (χ4n) is 2.72. The van der Waals surface area contributed by atoms with Crippen LogP contribution in [0.1, 0.15) is 12.8 Å². The maximum Gasteiger partial charge on any atom is 0.279 e. The largest absolute Gasteiger partial charge is 0.369 e. The standard InChI is InChI=1S/C15H21N3O2S/c1-21-13-7-3-2-6-12(13)17-14(19)10-18-8-4-5-11(9-18)15(16)20/h2-3,6-7,11H,4-5,8-10H2,1H3,(H2,16,20)(H,17,19)/p+1/t11-/m0/s1. The Morgan fingerprint density at radius 3 is 2.90 bits per heavy atom. The molecule has 0 radical (unpaired) electrons. The third-order valence-electron chi connectivity index (χ3n) is 3.81. The number of primary amides is 1. The average molecular weight is 308 g/mol. The molecule has 114 valence electrons. The van der Waals surface area contributed by atoms with E-state index in [0.717, 1.165) is 34.9 Å². The fourth-order valence-corrected chi connectivity index (χ4v) is 3.28. The summed E-state index contributed by atoms with van der Waals surface area (Å²) in [5, 5.41) is 2.96. The van der Waals surface area contributed by atoms with Crippen LogP contribution in [0.15, 0.2) is 29.2 Å². The number of piperidine rings is 1. The van der Waals surface area contributed by atoms with Crippen LogP contribution in [0.2, 0.25) is 0 Å². The second-order valence-electron chi connectivity index (χ2n) is 5.37. The summed E-state index contributed by atoms with van der Waals surface area (Å²) >= 11 is 1.61. The molecule has 2 atom stereocenters. The normalized spacial score (nSPS) is 21.8. The lowest BCUT2D eigenvalue weighted by Gasteiger charge is -2.27. The molecule has 2 amide bonds. The summed E-state index contributed by atoms with van der Waals surface area (Å²) in [5.74, 6) is -0.364. The van der Waals surface area contributed by atoms with Gasteiger partial charge in [-0.05, 0) is 31.2 Å². The molecule has 6 heteroatoms. The molecule has 0 aromatic heterocycles. The van der Waals surface area contributed by atoms with Gasteiger partial charge in [-0.15, -0.1) is 11.8 Å². The van der Waals surface area contributed by atoms with Crippen molar-refractivity contribution < 1.29 is 14.5 Å². The van der Waals surface area contributed by atoms with Crippen LogP contribution in [0, 0.1) is 5.92 Å².